The number of benzene rings is 4. The minimum Gasteiger partial charge on any atom is -0.490 e. The van der Waals surface area contributed by atoms with E-state index in [9.17, 15) is 0 Å². The molecule has 0 saturated heterocycles. The zero-order chi connectivity index (χ0) is 35.8. The lowest BCUT2D eigenvalue weighted by Crippen LogP contribution is -2.09. The van der Waals surface area contributed by atoms with Crippen LogP contribution >= 0.6 is 34.0 Å². The molecule has 7 heteroatoms. The van der Waals surface area contributed by atoms with E-state index in [2.05, 4.69) is 140 Å². The molecule has 3 aromatic heterocycles. The smallest absolute Gasteiger partial charge is 0.132 e. The highest BCUT2D eigenvalue weighted by atomic mass is 32.1. The maximum Gasteiger partial charge on any atom is 0.132 e. The zero-order valence-electron chi connectivity index (χ0n) is 30.4. The molecule has 0 unspecified atom stereocenters. The molecule has 0 aliphatic heterocycles. The van der Waals surface area contributed by atoms with Gasteiger partial charge < -0.3 is 18.9 Å². The fourth-order valence-electron chi connectivity index (χ4n) is 6.39. The molecule has 262 valence electrons. The Bertz CT molecular complexity index is 2060. The van der Waals surface area contributed by atoms with Crippen LogP contribution in [0.1, 0.15) is 55.4 Å². The van der Waals surface area contributed by atoms with E-state index in [4.69, 9.17) is 18.9 Å². The number of rotatable bonds is 12. The molecule has 7 aromatic rings. The maximum absolute atomic E-state index is 6.51. The van der Waals surface area contributed by atoms with Crippen LogP contribution in [0.2, 0.25) is 0 Å². The van der Waals surface area contributed by atoms with E-state index < -0.39 is 0 Å². The van der Waals surface area contributed by atoms with E-state index in [0.717, 1.165) is 43.9 Å². The summed E-state index contributed by atoms with van der Waals surface area (Å²) in [5.41, 5.74) is 6.78. The van der Waals surface area contributed by atoms with Gasteiger partial charge in [0.2, 0.25) is 0 Å². The van der Waals surface area contributed by atoms with Crippen molar-refractivity contribution in [3.63, 3.8) is 0 Å². The van der Waals surface area contributed by atoms with Crippen molar-refractivity contribution in [3.8, 4) is 66.1 Å². The molecular weight excluding hydrogens is 689 g/mol. The van der Waals surface area contributed by atoms with Gasteiger partial charge in [0.1, 0.15) is 23.0 Å². The second kappa shape index (κ2) is 14.7. The standard InChI is InChI=1S/C44H44O4S3/c1-25(2)45-31-21-15-22-32(46-26(3)4)37(31)39-35(29-17-11-9-12-18-29)41-43(49-39)44-42(51-41)36(30-19-13-10-14-20-30)40(50-44)38-33(47-27(5)6)23-16-24-34(38)48-28(7)8/h9-28H,1-8H3. The minimum atomic E-state index is 0.00896. The van der Waals surface area contributed by atoms with Crippen molar-refractivity contribution in [2.45, 2.75) is 79.8 Å². The zero-order valence-corrected chi connectivity index (χ0v) is 32.9. The van der Waals surface area contributed by atoms with E-state index in [1.807, 2.05) is 46.1 Å². The SMILES string of the molecule is CC(C)Oc1cccc(OC(C)C)c1-c1sc2c(sc3c(-c4ccccc4)c(-c4c(OC(C)C)cccc4OC(C)C)sc32)c1-c1ccccc1. The van der Waals surface area contributed by atoms with Crippen LogP contribution in [0.5, 0.6) is 23.0 Å². The van der Waals surface area contributed by atoms with Gasteiger partial charge in [0.15, 0.2) is 0 Å². The van der Waals surface area contributed by atoms with Crippen molar-refractivity contribution in [2.24, 2.45) is 0 Å². The predicted molar refractivity (Wildman–Crippen MR) is 220 cm³/mol. The third kappa shape index (κ3) is 6.99. The lowest BCUT2D eigenvalue weighted by molar-refractivity contribution is 0.230. The van der Waals surface area contributed by atoms with E-state index >= 15 is 0 Å². The molecule has 0 aliphatic carbocycles. The van der Waals surface area contributed by atoms with Gasteiger partial charge in [-0.15, -0.1) is 34.0 Å². The first-order valence-electron chi connectivity index (χ1n) is 17.7. The van der Waals surface area contributed by atoms with E-state index in [1.54, 1.807) is 0 Å². The van der Waals surface area contributed by atoms with Crippen LogP contribution in [-0.4, -0.2) is 24.4 Å². The fraction of sp³-hybridized carbons (Fsp3) is 0.273. The van der Waals surface area contributed by atoms with Crippen molar-refractivity contribution >= 4 is 52.8 Å². The molecule has 4 nitrogen and oxygen atoms in total. The number of hydrogen-bond acceptors (Lipinski definition) is 7. The van der Waals surface area contributed by atoms with Gasteiger partial charge in [0.25, 0.3) is 0 Å². The van der Waals surface area contributed by atoms with Gasteiger partial charge in [0, 0.05) is 11.1 Å². The van der Waals surface area contributed by atoms with Gasteiger partial charge in [-0.2, -0.15) is 0 Å². The van der Waals surface area contributed by atoms with Crippen molar-refractivity contribution in [3.05, 3.63) is 97.1 Å². The van der Waals surface area contributed by atoms with Crippen LogP contribution in [0, 0.1) is 0 Å². The van der Waals surface area contributed by atoms with E-state index in [-0.39, 0.29) is 24.4 Å². The quantitative estimate of drug-likeness (QED) is 0.125. The molecule has 0 spiro atoms. The molecule has 3 heterocycles. The van der Waals surface area contributed by atoms with E-state index in [0.29, 0.717) is 0 Å². The van der Waals surface area contributed by atoms with Crippen LogP contribution < -0.4 is 18.9 Å². The normalized spacial score (nSPS) is 11.8. The summed E-state index contributed by atoms with van der Waals surface area (Å²) in [5.74, 6) is 3.32. The summed E-state index contributed by atoms with van der Waals surface area (Å²) >= 11 is 5.53. The van der Waals surface area contributed by atoms with Crippen molar-refractivity contribution in [2.75, 3.05) is 0 Å². The molecule has 7 rings (SSSR count). The summed E-state index contributed by atoms with van der Waals surface area (Å²) in [4.78, 5) is 2.31. The second-order valence-corrected chi connectivity index (χ2v) is 16.7. The summed E-state index contributed by atoms with van der Waals surface area (Å²) in [6, 6.07) is 33.8. The summed E-state index contributed by atoms with van der Waals surface area (Å²) in [7, 11) is 0. The van der Waals surface area contributed by atoms with Crippen LogP contribution in [0.4, 0.5) is 0 Å². The lowest BCUT2D eigenvalue weighted by atomic mass is 10.0. The molecule has 0 aliphatic rings. The predicted octanol–water partition coefficient (Wildman–Crippen LogP) is 14.0. The summed E-state index contributed by atoms with van der Waals surface area (Å²) in [6.07, 6.45) is 0.0358. The molecule has 0 saturated carbocycles. The summed E-state index contributed by atoms with van der Waals surface area (Å²) < 4.78 is 31.1. The Morgan fingerprint density at radius 3 is 0.941 bits per heavy atom. The average Bonchev–Trinajstić information content (AvgIpc) is 3.73. The van der Waals surface area contributed by atoms with Gasteiger partial charge in [0.05, 0.1) is 64.1 Å². The van der Waals surface area contributed by atoms with Crippen LogP contribution in [-0.2, 0) is 0 Å². The van der Waals surface area contributed by atoms with Crippen molar-refractivity contribution in [1.82, 2.24) is 0 Å². The first-order valence-corrected chi connectivity index (χ1v) is 20.1. The van der Waals surface area contributed by atoms with Gasteiger partial charge in [-0.25, -0.2) is 0 Å². The molecule has 0 fully saturated rings. The highest BCUT2D eigenvalue weighted by Gasteiger charge is 2.30. The van der Waals surface area contributed by atoms with Gasteiger partial charge in [-0.05, 0) is 90.8 Å². The fourth-order valence-corrected chi connectivity index (χ4v) is 11.1. The van der Waals surface area contributed by atoms with Crippen LogP contribution in [0.15, 0.2) is 97.1 Å². The van der Waals surface area contributed by atoms with Crippen molar-refractivity contribution < 1.29 is 18.9 Å². The number of thiophene rings is 3. The Morgan fingerprint density at radius 1 is 0.333 bits per heavy atom. The molecule has 0 radical (unpaired) electrons. The maximum atomic E-state index is 6.51. The Morgan fingerprint density at radius 2 is 0.647 bits per heavy atom. The minimum absolute atomic E-state index is 0.00896. The van der Waals surface area contributed by atoms with Gasteiger partial charge in [-0.3, -0.25) is 0 Å². The molecule has 0 atom stereocenters. The summed E-state index contributed by atoms with van der Waals surface area (Å²) in [5, 5.41) is 0. The summed E-state index contributed by atoms with van der Waals surface area (Å²) in [6.45, 7) is 16.6. The Hall–Kier alpha value is -4.30. The Kier molecular flexibility index (Phi) is 10.2. The average molecular weight is 733 g/mol. The molecule has 51 heavy (non-hydrogen) atoms. The van der Waals surface area contributed by atoms with Crippen molar-refractivity contribution in [1.29, 1.82) is 0 Å². The highest BCUT2D eigenvalue weighted by molar-refractivity contribution is 7.41. The molecular formula is C44H44O4S3. The van der Waals surface area contributed by atoms with Gasteiger partial charge >= 0.3 is 0 Å². The number of fused-ring (bicyclic) bond motifs is 3. The second-order valence-electron chi connectivity index (χ2n) is 13.7. The topological polar surface area (TPSA) is 36.9 Å². The number of ether oxygens (including phenoxy) is 4. The highest BCUT2D eigenvalue weighted by Crippen LogP contribution is 2.60. The molecule has 4 aromatic carbocycles. The Labute approximate surface area is 313 Å². The number of hydrogen-bond donors (Lipinski definition) is 0. The first-order chi connectivity index (χ1) is 24.6. The lowest BCUT2D eigenvalue weighted by Gasteiger charge is -2.20. The largest absolute Gasteiger partial charge is 0.490 e. The Balaban J connectivity index is 1.59. The van der Waals surface area contributed by atoms with Crippen LogP contribution in [0.3, 0.4) is 0 Å². The van der Waals surface area contributed by atoms with Crippen LogP contribution in [0.25, 0.3) is 61.9 Å². The molecule has 0 N–H and O–H groups in total. The van der Waals surface area contributed by atoms with E-state index in [1.165, 1.54) is 41.1 Å². The monoisotopic (exact) mass is 732 g/mol. The van der Waals surface area contributed by atoms with Gasteiger partial charge in [-0.1, -0.05) is 72.8 Å². The third-order valence-corrected chi connectivity index (χ3v) is 12.2. The molecule has 0 amide bonds. The molecule has 0 bridgehead atoms. The third-order valence-electron chi connectivity index (χ3n) is 8.15. The first kappa shape index (κ1) is 35.1.